The van der Waals surface area contributed by atoms with Crippen LogP contribution in [-0.2, 0) is 6.42 Å². The highest BCUT2D eigenvalue weighted by molar-refractivity contribution is 5.98. The Morgan fingerprint density at radius 2 is 2.19 bits per heavy atom. The van der Waals surface area contributed by atoms with E-state index in [1.807, 2.05) is 11.6 Å². The van der Waals surface area contributed by atoms with Gasteiger partial charge in [-0.05, 0) is 18.3 Å². The Morgan fingerprint density at radius 1 is 1.33 bits per heavy atom. The fraction of sp³-hybridized carbons (Fsp3) is 0.308. The van der Waals surface area contributed by atoms with Crippen molar-refractivity contribution >= 4 is 22.8 Å². The molecule has 106 valence electrons. The first kappa shape index (κ1) is 12.0. The van der Waals surface area contributed by atoms with Crippen LogP contribution in [0.4, 0.5) is 5.82 Å². The SMILES string of the molecule is Cc1[nH][n+](-c2nc3ncnc(N)c3[nH]2)c2c1C(=O)CCC2. The van der Waals surface area contributed by atoms with E-state index in [9.17, 15) is 4.79 Å². The van der Waals surface area contributed by atoms with Crippen LogP contribution < -0.4 is 10.4 Å². The number of imidazole rings is 1. The average molecular weight is 284 g/mol. The topological polar surface area (TPSA) is 117 Å². The number of aromatic amines is 2. The molecule has 8 heteroatoms. The van der Waals surface area contributed by atoms with E-state index in [0.717, 1.165) is 29.8 Å². The van der Waals surface area contributed by atoms with Crippen molar-refractivity contribution in [3.05, 3.63) is 23.3 Å². The van der Waals surface area contributed by atoms with Crippen molar-refractivity contribution in [2.24, 2.45) is 0 Å². The lowest BCUT2D eigenvalue weighted by Crippen LogP contribution is -2.39. The third kappa shape index (κ3) is 1.65. The normalized spacial score (nSPS) is 14.6. The number of anilines is 1. The number of hydrogen-bond donors (Lipinski definition) is 3. The standard InChI is InChI=1S/C13H13N7O/c1-6-9-7(3-2-4-8(9)21)20(19-6)13-17-10-11(14)15-5-16-12(10)18-13/h5H,2-4H2,1H3,(H3,14,15,16,17,18)/p+1. The number of nitrogens with one attached hydrogen (secondary N) is 2. The lowest BCUT2D eigenvalue weighted by molar-refractivity contribution is -0.670. The van der Waals surface area contributed by atoms with E-state index >= 15 is 0 Å². The van der Waals surface area contributed by atoms with E-state index in [4.69, 9.17) is 5.73 Å². The molecule has 0 fully saturated rings. The number of rotatable bonds is 1. The summed E-state index contributed by atoms with van der Waals surface area (Å²) in [6.07, 6.45) is 3.67. The Hall–Kier alpha value is -2.77. The van der Waals surface area contributed by atoms with Crippen LogP contribution in [0.2, 0.25) is 0 Å². The van der Waals surface area contributed by atoms with E-state index in [1.54, 1.807) is 0 Å². The zero-order chi connectivity index (χ0) is 14.6. The summed E-state index contributed by atoms with van der Waals surface area (Å²) in [5, 5.41) is 3.20. The van der Waals surface area contributed by atoms with Crippen molar-refractivity contribution in [2.75, 3.05) is 5.73 Å². The van der Waals surface area contributed by atoms with Gasteiger partial charge in [0.2, 0.25) is 5.52 Å². The summed E-state index contributed by atoms with van der Waals surface area (Å²) in [5.41, 5.74) is 9.51. The van der Waals surface area contributed by atoms with Crippen molar-refractivity contribution in [3.63, 3.8) is 0 Å². The fourth-order valence-corrected chi connectivity index (χ4v) is 2.89. The molecule has 0 atom stereocenters. The summed E-state index contributed by atoms with van der Waals surface area (Å²) in [6.45, 7) is 1.90. The fourth-order valence-electron chi connectivity index (χ4n) is 2.89. The van der Waals surface area contributed by atoms with Crippen LogP contribution in [0.5, 0.6) is 0 Å². The molecule has 0 radical (unpaired) electrons. The number of H-pyrrole nitrogens is 2. The summed E-state index contributed by atoms with van der Waals surface area (Å²) >= 11 is 0. The van der Waals surface area contributed by atoms with Crippen LogP contribution in [0.3, 0.4) is 0 Å². The molecule has 3 aromatic heterocycles. The van der Waals surface area contributed by atoms with E-state index < -0.39 is 0 Å². The van der Waals surface area contributed by atoms with Gasteiger partial charge in [-0.15, -0.1) is 4.68 Å². The van der Waals surface area contributed by atoms with Crippen molar-refractivity contribution in [2.45, 2.75) is 26.2 Å². The van der Waals surface area contributed by atoms with Gasteiger partial charge < -0.3 is 5.73 Å². The number of Topliss-reactive ketones (excluding diaryl/α,β-unsaturated/α-hetero) is 1. The van der Waals surface area contributed by atoms with Gasteiger partial charge >= 0.3 is 5.95 Å². The summed E-state index contributed by atoms with van der Waals surface area (Å²) in [4.78, 5) is 27.6. The zero-order valence-electron chi connectivity index (χ0n) is 11.5. The number of carbonyl (C=O) groups excluding carboxylic acids is 1. The van der Waals surface area contributed by atoms with Crippen LogP contribution in [0.25, 0.3) is 17.1 Å². The van der Waals surface area contributed by atoms with Gasteiger partial charge in [0.05, 0.1) is 11.3 Å². The average Bonchev–Trinajstić information content (AvgIpc) is 3.02. The number of nitrogen functional groups attached to an aromatic ring is 1. The maximum atomic E-state index is 12.1. The number of hydrogen-bond acceptors (Lipinski definition) is 5. The first-order valence-corrected chi connectivity index (χ1v) is 6.78. The Kier molecular flexibility index (Phi) is 2.35. The Morgan fingerprint density at radius 3 is 3.00 bits per heavy atom. The highest BCUT2D eigenvalue weighted by Gasteiger charge is 2.30. The largest absolute Gasteiger partial charge is 0.421 e. The van der Waals surface area contributed by atoms with Crippen LogP contribution in [-0.4, -0.2) is 30.8 Å². The Labute approximate surface area is 119 Å². The minimum atomic E-state index is 0.180. The molecule has 3 heterocycles. The van der Waals surface area contributed by atoms with Gasteiger partial charge in [-0.25, -0.2) is 15.1 Å². The molecule has 0 saturated heterocycles. The number of fused-ring (bicyclic) bond motifs is 2. The second kappa shape index (κ2) is 4.11. The van der Waals surface area contributed by atoms with Crippen LogP contribution in [0.1, 0.15) is 34.6 Å². The minimum Gasteiger partial charge on any atom is -0.381 e. The molecule has 0 aromatic carbocycles. The van der Waals surface area contributed by atoms with Crippen molar-refractivity contribution < 1.29 is 9.48 Å². The molecule has 0 spiro atoms. The second-order valence-corrected chi connectivity index (χ2v) is 5.19. The number of nitrogens with zero attached hydrogens (tertiary/aromatic N) is 4. The Balaban J connectivity index is 1.95. The van der Waals surface area contributed by atoms with Gasteiger partial charge in [0.1, 0.15) is 12.0 Å². The van der Waals surface area contributed by atoms with Crippen molar-refractivity contribution in [3.8, 4) is 5.95 Å². The molecule has 21 heavy (non-hydrogen) atoms. The maximum Gasteiger partial charge on any atom is 0.421 e. The number of aromatic nitrogens is 6. The first-order valence-electron chi connectivity index (χ1n) is 6.78. The molecule has 0 unspecified atom stereocenters. The van der Waals surface area contributed by atoms with Gasteiger partial charge in [0, 0.05) is 12.8 Å². The zero-order valence-corrected chi connectivity index (χ0v) is 11.5. The molecule has 0 amide bonds. The van der Waals surface area contributed by atoms with Gasteiger partial charge in [-0.2, -0.15) is 4.98 Å². The van der Waals surface area contributed by atoms with E-state index in [1.165, 1.54) is 6.33 Å². The van der Waals surface area contributed by atoms with Crippen LogP contribution in [0, 0.1) is 6.92 Å². The predicted molar refractivity (Wildman–Crippen MR) is 74.0 cm³/mol. The molecular formula is C13H14N7O+. The lowest BCUT2D eigenvalue weighted by Gasteiger charge is -2.08. The molecule has 0 bridgehead atoms. The highest BCUT2D eigenvalue weighted by Crippen LogP contribution is 2.22. The molecule has 8 nitrogen and oxygen atoms in total. The maximum absolute atomic E-state index is 12.1. The number of ketones is 1. The monoisotopic (exact) mass is 284 g/mol. The van der Waals surface area contributed by atoms with Crippen molar-refractivity contribution in [1.29, 1.82) is 0 Å². The van der Waals surface area contributed by atoms with Crippen LogP contribution in [0.15, 0.2) is 6.33 Å². The quantitative estimate of drug-likeness (QED) is 0.558. The summed E-state index contributed by atoms with van der Waals surface area (Å²) < 4.78 is 1.81. The van der Waals surface area contributed by atoms with E-state index in [0.29, 0.717) is 29.4 Å². The molecule has 0 saturated carbocycles. The van der Waals surface area contributed by atoms with Gasteiger partial charge in [0.15, 0.2) is 11.6 Å². The second-order valence-electron chi connectivity index (χ2n) is 5.19. The molecule has 3 aromatic rings. The summed E-state index contributed by atoms with van der Waals surface area (Å²) in [7, 11) is 0. The number of carbonyl (C=O) groups is 1. The van der Waals surface area contributed by atoms with Gasteiger partial charge in [-0.3, -0.25) is 4.79 Å². The lowest BCUT2D eigenvalue weighted by atomic mass is 9.95. The van der Waals surface area contributed by atoms with Crippen LogP contribution >= 0.6 is 0 Å². The smallest absolute Gasteiger partial charge is 0.381 e. The third-order valence-electron chi connectivity index (χ3n) is 3.83. The minimum absolute atomic E-state index is 0.180. The first-order chi connectivity index (χ1) is 10.1. The molecular weight excluding hydrogens is 270 g/mol. The highest BCUT2D eigenvalue weighted by atomic mass is 16.1. The van der Waals surface area contributed by atoms with Gasteiger partial charge in [0.25, 0.3) is 5.65 Å². The molecule has 1 aliphatic rings. The summed E-state index contributed by atoms with van der Waals surface area (Å²) in [5.74, 6) is 1.10. The predicted octanol–water partition coefficient (Wildman–Crippen LogP) is 0.367. The molecule has 4 N–H and O–H groups in total. The molecule has 0 aliphatic heterocycles. The molecule has 1 aliphatic carbocycles. The van der Waals surface area contributed by atoms with Crippen molar-refractivity contribution in [1.82, 2.24) is 25.0 Å². The number of aryl methyl sites for hydroxylation is 1. The van der Waals surface area contributed by atoms with E-state index in [2.05, 4.69) is 25.0 Å². The number of nitrogens with two attached hydrogens (primary N) is 1. The summed E-state index contributed by atoms with van der Waals surface area (Å²) in [6, 6.07) is 0. The van der Waals surface area contributed by atoms with Gasteiger partial charge in [-0.1, -0.05) is 0 Å². The van der Waals surface area contributed by atoms with E-state index in [-0.39, 0.29) is 5.78 Å². The molecule has 4 rings (SSSR count). The Bertz CT molecular complexity index is 876. The third-order valence-corrected chi connectivity index (χ3v) is 3.83.